The first-order valence-electron chi connectivity index (χ1n) is 10.7. The molecule has 4 aliphatic rings. The van der Waals surface area contributed by atoms with Gasteiger partial charge in [0.15, 0.2) is 0 Å². The highest BCUT2D eigenvalue weighted by atomic mass is 35.5. The van der Waals surface area contributed by atoms with E-state index in [2.05, 4.69) is 26.0 Å². The van der Waals surface area contributed by atoms with Crippen molar-refractivity contribution in [2.75, 3.05) is 45.8 Å². The van der Waals surface area contributed by atoms with Gasteiger partial charge in [0.2, 0.25) is 0 Å². The van der Waals surface area contributed by atoms with Gasteiger partial charge in [0.25, 0.3) is 0 Å². The molecule has 3 saturated heterocycles. The van der Waals surface area contributed by atoms with E-state index >= 15 is 0 Å². The number of nitrogens with zero attached hydrogens (tertiary/aromatic N) is 2. The summed E-state index contributed by atoms with van der Waals surface area (Å²) in [7, 11) is 0. The number of halogens is 2. The molecular formula is C19H35ClFN5. The third-order valence-electron chi connectivity index (χ3n) is 7.02. The molecule has 0 aromatic heterocycles. The maximum Gasteiger partial charge on any atom is 0.100 e. The van der Waals surface area contributed by atoms with Crippen LogP contribution >= 0.6 is 11.6 Å². The lowest BCUT2D eigenvalue weighted by Gasteiger charge is -2.43. The Bertz CT molecular complexity index is 432. The highest BCUT2D eigenvalue weighted by Gasteiger charge is 2.37. The Balaban J connectivity index is 1.22. The predicted octanol–water partition coefficient (Wildman–Crippen LogP) is 1.54. The predicted molar refractivity (Wildman–Crippen MR) is 104 cm³/mol. The SMILES string of the molecule is FC1CCC(C2NNCC2CN2CCN(C3CCC(Cl)CN3)CC2)CC1. The monoisotopic (exact) mass is 387 g/mol. The van der Waals surface area contributed by atoms with Crippen molar-refractivity contribution in [1.82, 2.24) is 26.0 Å². The van der Waals surface area contributed by atoms with Crippen molar-refractivity contribution in [1.29, 1.82) is 0 Å². The molecule has 3 aliphatic heterocycles. The molecule has 4 atom stereocenters. The van der Waals surface area contributed by atoms with Crippen LogP contribution in [0.4, 0.5) is 4.39 Å². The van der Waals surface area contributed by atoms with Gasteiger partial charge in [0.05, 0.1) is 6.17 Å². The van der Waals surface area contributed by atoms with E-state index in [-0.39, 0.29) is 0 Å². The molecule has 26 heavy (non-hydrogen) atoms. The van der Waals surface area contributed by atoms with Gasteiger partial charge < -0.3 is 10.2 Å². The zero-order chi connectivity index (χ0) is 17.9. The van der Waals surface area contributed by atoms with Crippen LogP contribution in [0.5, 0.6) is 0 Å². The van der Waals surface area contributed by atoms with Gasteiger partial charge in [-0.25, -0.2) is 4.39 Å². The second-order valence-electron chi connectivity index (χ2n) is 8.76. The Morgan fingerprint density at radius 3 is 2.38 bits per heavy atom. The standard InChI is InChI=1S/C19H35ClFN5/c20-16-3-6-18(22-12-16)26-9-7-25(8-10-26)13-15-11-23-24-19(15)14-1-4-17(21)5-2-14/h14-19,22-24H,1-13H2. The van der Waals surface area contributed by atoms with E-state index in [1.54, 1.807) is 0 Å². The molecule has 4 unspecified atom stereocenters. The summed E-state index contributed by atoms with van der Waals surface area (Å²) < 4.78 is 13.5. The third-order valence-corrected chi connectivity index (χ3v) is 7.39. The minimum Gasteiger partial charge on any atom is -0.300 e. The quantitative estimate of drug-likeness (QED) is 0.638. The summed E-state index contributed by atoms with van der Waals surface area (Å²) in [4.78, 5) is 5.24. The summed E-state index contributed by atoms with van der Waals surface area (Å²) in [6.07, 6.45) is 5.85. The fourth-order valence-corrected chi connectivity index (χ4v) is 5.59. The average molecular weight is 388 g/mol. The zero-order valence-electron chi connectivity index (χ0n) is 15.8. The molecule has 5 nitrogen and oxygen atoms in total. The molecule has 0 aromatic rings. The van der Waals surface area contributed by atoms with Crippen LogP contribution in [-0.2, 0) is 0 Å². The highest BCUT2D eigenvalue weighted by molar-refractivity contribution is 6.20. The Labute approximate surface area is 162 Å². The minimum atomic E-state index is -0.561. The summed E-state index contributed by atoms with van der Waals surface area (Å²) in [5.74, 6) is 1.28. The molecule has 0 bridgehead atoms. The number of hydrazine groups is 1. The first-order valence-corrected chi connectivity index (χ1v) is 11.1. The van der Waals surface area contributed by atoms with Gasteiger partial charge in [0.1, 0.15) is 6.17 Å². The van der Waals surface area contributed by atoms with Crippen LogP contribution < -0.4 is 16.2 Å². The van der Waals surface area contributed by atoms with Gasteiger partial charge in [-0.05, 0) is 44.4 Å². The van der Waals surface area contributed by atoms with E-state index in [0.29, 0.717) is 29.4 Å². The molecule has 1 aliphatic carbocycles. The lowest BCUT2D eigenvalue weighted by molar-refractivity contribution is 0.0580. The van der Waals surface area contributed by atoms with Gasteiger partial charge >= 0.3 is 0 Å². The van der Waals surface area contributed by atoms with Crippen molar-refractivity contribution in [2.24, 2.45) is 11.8 Å². The van der Waals surface area contributed by atoms with E-state index in [1.807, 2.05) is 0 Å². The van der Waals surface area contributed by atoms with Gasteiger partial charge in [-0.15, -0.1) is 11.6 Å². The molecule has 1 saturated carbocycles. The van der Waals surface area contributed by atoms with Crippen LogP contribution in [0.2, 0.25) is 0 Å². The molecule has 4 rings (SSSR count). The van der Waals surface area contributed by atoms with Gasteiger partial charge in [-0.2, -0.15) is 0 Å². The Morgan fingerprint density at radius 2 is 1.69 bits per heavy atom. The summed E-state index contributed by atoms with van der Waals surface area (Å²) in [6.45, 7) is 7.75. The normalized spacial score (nSPS) is 43.6. The van der Waals surface area contributed by atoms with Crippen LogP contribution in [0.15, 0.2) is 0 Å². The largest absolute Gasteiger partial charge is 0.300 e. The van der Waals surface area contributed by atoms with Crippen molar-refractivity contribution >= 4 is 11.6 Å². The molecule has 3 heterocycles. The van der Waals surface area contributed by atoms with Crippen molar-refractivity contribution < 1.29 is 4.39 Å². The summed E-state index contributed by atoms with van der Waals surface area (Å²) in [6, 6.07) is 0.515. The van der Waals surface area contributed by atoms with E-state index in [9.17, 15) is 4.39 Å². The van der Waals surface area contributed by atoms with Crippen LogP contribution in [0.25, 0.3) is 0 Å². The van der Waals surface area contributed by atoms with Crippen molar-refractivity contribution in [3.63, 3.8) is 0 Å². The average Bonchev–Trinajstić information content (AvgIpc) is 3.12. The van der Waals surface area contributed by atoms with E-state index < -0.39 is 6.17 Å². The van der Waals surface area contributed by atoms with Crippen molar-refractivity contribution in [3.8, 4) is 0 Å². The van der Waals surface area contributed by atoms with Crippen LogP contribution in [0.3, 0.4) is 0 Å². The molecule has 0 spiro atoms. The summed E-state index contributed by atoms with van der Waals surface area (Å²) >= 11 is 6.20. The van der Waals surface area contributed by atoms with Crippen LogP contribution in [0.1, 0.15) is 38.5 Å². The molecule has 3 N–H and O–H groups in total. The van der Waals surface area contributed by atoms with Gasteiger partial charge in [-0.3, -0.25) is 15.8 Å². The van der Waals surface area contributed by atoms with Crippen molar-refractivity contribution in [2.45, 2.75) is 62.3 Å². The fraction of sp³-hybridized carbons (Fsp3) is 1.00. The molecular weight excluding hydrogens is 353 g/mol. The third kappa shape index (κ3) is 4.70. The van der Waals surface area contributed by atoms with E-state index in [0.717, 1.165) is 77.9 Å². The summed E-state index contributed by atoms with van der Waals surface area (Å²) in [5, 5.41) is 3.91. The minimum absolute atomic E-state index is 0.305. The maximum absolute atomic E-state index is 13.5. The summed E-state index contributed by atoms with van der Waals surface area (Å²) in [5.41, 5.74) is 6.90. The zero-order valence-corrected chi connectivity index (χ0v) is 16.6. The Kier molecular flexibility index (Phi) is 6.70. The van der Waals surface area contributed by atoms with E-state index in [1.165, 1.54) is 6.42 Å². The number of hydrogen-bond acceptors (Lipinski definition) is 5. The topological polar surface area (TPSA) is 42.6 Å². The van der Waals surface area contributed by atoms with E-state index in [4.69, 9.17) is 11.6 Å². The second-order valence-corrected chi connectivity index (χ2v) is 9.38. The van der Waals surface area contributed by atoms with Gasteiger partial charge in [0, 0.05) is 63.2 Å². The first kappa shape index (κ1) is 19.3. The maximum atomic E-state index is 13.5. The Hall–Kier alpha value is 0.0200. The fourth-order valence-electron chi connectivity index (χ4n) is 5.38. The van der Waals surface area contributed by atoms with Crippen LogP contribution in [0, 0.1) is 11.8 Å². The lowest BCUT2D eigenvalue weighted by atomic mass is 9.79. The number of nitrogens with one attached hydrogen (secondary N) is 3. The lowest BCUT2D eigenvalue weighted by Crippen LogP contribution is -2.58. The van der Waals surface area contributed by atoms with Gasteiger partial charge in [-0.1, -0.05) is 0 Å². The van der Waals surface area contributed by atoms with Crippen molar-refractivity contribution in [3.05, 3.63) is 0 Å². The number of rotatable bonds is 4. The number of hydrogen-bond donors (Lipinski definition) is 3. The smallest absolute Gasteiger partial charge is 0.100 e. The highest BCUT2D eigenvalue weighted by Crippen LogP contribution is 2.32. The molecule has 4 fully saturated rings. The molecule has 0 amide bonds. The second kappa shape index (κ2) is 9.01. The first-order chi connectivity index (χ1) is 12.7. The molecule has 7 heteroatoms. The Morgan fingerprint density at radius 1 is 0.923 bits per heavy atom. The molecule has 0 aromatic carbocycles. The molecule has 0 radical (unpaired) electrons. The number of piperazine rings is 1. The number of piperidine rings is 1. The number of alkyl halides is 2. The van der Waals surface area contributed by atoms with Crippen LogP contribution in [-0.4, -0.2) is 79.4 Å². The molecule has 150 valence electrons.